The molecular weight excluding hydrogens is 1270 g/mol. The van der Waals surface area contributed by atoms with Crippen molar-refractivity contribution < 1.29 is 36.6 Å². The molecule has 514 valence electrons. The van der Waals surface area contributed by atoms with Gasteiger partial charge < -0.3 is 47.8 Å². The van der Waals surface area contributed by atoms with Crippen LogP contribution >= 0.6 is 47.5 Å². The topological polar surface area (TPSA) is 134 Å². The summed E-state index contributed by atoms with van der Waals surface area (Å²) in [5.41, 5.74) is 9.25. The number of aryl methyl sites for hydroxylation is 3. The number of rotatable bonds is 28. The first kappa shape index (κ1) is 71.8. The lowest BCUT2D eigenvalue weighted by Gasteiger charge is -2.31. The number of hydrogen-bond donors (Lipinski definition) is 1. The maximum atomic E-state index is 13.2. The molecule has 0 amide bonds. The summed E-state index contributed by atoms with van der Waals surface area (Å²) in [4.78, 5) is 13.6. The van der Waals surface area contributed by atoms with Crippen molar-refractivity contribution in [3.8, 4) is 17.2 Å². The third-order valence-corrected chi connectivity index (χ3v) is 21.2. The molecule has 3 aromatic carbocycles. The zero-order valence-corrected chi connectivity index (χ0v) is 59.5. The van der Waals surface area contributed by atoms with Crippen molar-refractivity contribution in [2.75, 3.05) is 101 Å². The smallest absolute Gasteiger partial charge is 0.176 e. The Bertz CT molecular complexity index is 3440. The van der Waals surface area contributed by atoms with Crippen LogP contribution in [-0.2, 0) is 52.0 Å². The van der Waals surface area contributed by atoms with Gasteiger partial charge in [-0.2, -0.15) is 8.78 Å². The number of thiophene rings is 2. The Morgan fingerprint density at radius 3 is 1.04 bits per heavy atom. The molecule has 5 aromatic heterocycles. The molecule has 8 aromatic rings. The van der Waals surface area contributed by atoms with Gasteiger partial charge in [-0.3, -0.25) is 9.80 Å². The van der Waals surface area contributed by atoms with Crippen LogP contribution in [0.25, 0.3) is 32.9 Å². The normalized spacial score (nSPS) is 17.8. The Balaban J connectivity index is 0.000000154. The Labute approximate surface area is 575 Å². The van der Waals surface area contributed by atoms with Gasteiger partial charge in [0.1, 0.15) is 17.2 Å². The van der Waals surface area contributed by atoms with Crippen molar-refractivity contribution in [3.63, 3.8) is 0 Å². The highest BCUT2D eigenvalue weighted by atomic mass is 35.5. The van der Waals surface area contributed by atoms with Gasteiger partial charge >= 0.3 is 0 Å². The van der Waals surface area contributed by atoms with Crippen LogP contribution in [0.5, 0.6) is 17.2 Å². The summed E-state index contributed by atoms with van der Waals surface area (Å²) in [5, 5.41) is 20.1. The standard InChI is InChI=1S/2C26H34FN3O2S.C21H31N3O2.2ClH/c2*1-29(2)16-22-24(31-17-19-3-4-19)9-7-21-23(28-32-26(21)22)8-5-18-11-13-30(14-12-18)15-20-6-10-25(27)33-20;1-24(2)13-18-20(25-14-16-3-4-16)8-6-17-19(23-26-21(17)18)7-5-15-9-11-22-12-10-15;;/h2*6-7,9-10,18-19H,3-5,8,11-17H2,1-2H3;6,8,15-16,22H,3-5,7,9-14H2,1-2H3;2*1H. The molecule has 6 aliphatic rings. The van der Waals surface area contributed by atoms with E-state index in [1.54, 1.807) is 12.1 Å². The number of aromatic nitrogens is 3. The Kier molecular flexibility index (Phi) is 26.4. The summed E-state index contributed by atoms with van der Waals surface area (Å²) in [7, 11) is 12.4. The first-order valence-corrected chi connectivity index (χ1v) is 36.1. The highest BCUT2D eigenvalue weighted by Crippen LogP contribution is 2.39. The monoisotopic (exact) mass is 1370 g/mol. The molecule has 3 saturated carbocycles. The van der Waals surface area contributed by atoms with Crippen molar-refractivity contribution in [1.29, 1.82) is 0 Å². The number of ether oxygens (including phenoxy) is 3. The van der Waals surface area contributed by atoms with E-state index in [0.717, 1.165) is 241 Å². The van der Waals surface area contributed by atoms with Crippen LogP contribution in [0, 0.1) is 45.8 Å². The second-order valence-electron chi connectivity index (χ2n) is 28.3. The molecule has 14 rings (SSSR count). The molecule has 3 saturated heterocycles. The molecular formula is C73H101Cl2F2N9O6S2. The Hall–Kier alpha value is -4.93. The van der Waals surface area contributed by atoms with Gasteiger partial charge in [-0.15, -0.1) is 47.5 Å². The van der Waals surface area contributed by atoms with Crippen molar-refractivity contribution in [1.82, 2.24) is 45.3 Å². The van der Waals surface area contributed by atoms with Crippen molar-refractivity contribution in [3.05, 3.63) is 114 Å². The minimum atomic E-state index is -0.0879. The molecule has 0 unspecified atom stereocenters. The number of nitrogens with zero attached hydrogens (tertiary/aromatic N) is 8. The molecule has 21 heteroatoms. The van der Waals surface area contributed by atoms with Crippen LogP contribution in [0.4, 0.5) is 8.78 Å². The first-order valence-electron chi connectivity index (χ1n) is 34.5. The molecule has 15 nitrogen and oxygen atoms in total. The number of nitrogens with one attached hydrogen (secondary N) is 1. The molecule has 0 bridgehead atoms. The molecule has 3 aliphatic heterocycles. The predicted molar refractivity (Wildman–Crippen MR) is 378 cm³/mol. The molecule has 8 heterocycles. The van der Waals surface area contributed by atoms with Crippen molar-refractivity contribution >= 4 is 80.4 Å². The van der Waals surface area contributed by atoms with E-state index >= 15 is 0 Å². The minimum absolute atomic E-state index is 0. The molecule has 94 heavy (non-hydrogen) atoms. The van der Waals surface area contributed by atoms with Gasteiger partial charge in [0.25, 0.3) is 0 Å². The lowest BCUT2D eigenvalue weighted by atomic mass is 9.91. The van der Waals surface area contributed by atoms with Crippen LogP contribution < -0.4 is 19.5 Å². The van der Waals surface area contributed by atoms with Gasteiger partial charge in [0.15, 0.2) is 27.0 Å². The van der Waals surface area contributed by atoms with E-state index in [1.165, 1.54) is 106 Å². The van der Waals surface area contributed by atoms with Crippen molar-refractivity contribution in [2.45, 2.75) is 148 Å². The SMILES string of the molecule is CN(C)Cc1c(OCC2CC2)ccc2c(CCC3CCN(Cc4ccc(F)s4)CC3)noc12.CN(C)Cc1c(OCC2CC2)ccc2c(CCC3CCN(Cc4ccc(F)s4)CC3)noc12.CN(C)Cc1c(OCC2CC2)ccc2c(CCC3CCNCC3)noc12.Cl.Cl. The fourth-order valence-electron chi connectivity index (χ4n) is 13.5. The quantitative estimate of drug-likeness (QED) is 0.0498. The van der Waals surface area contributed by atoms with Gasteiger partial charge in [0, 0.05) is 58.6 Å². The van der Waals surface area contributed by atoms with Gasteiger partial charge in [-0.05, 0) is 293 Å². The van der Waals surface area contributed by atoms with E-state index in [4.69, 9.17) is 27.8 Å². The zero-order chi connectivity index (χ0) is 63.5. The van der Waals surface area contributed by atoms with Gasteiger partial charge in [-0.1, -0.05) is 15.5 Å². The van der Waals surface area contributed by atoms with Crippen LogP contribution in [0.15, 0.2) is 74.2 Å². The highest BCUT2D eigenvalue weighted by Gasteiger charge is 2.29. The first-order chi connectivity index (χ1) is 44.8. The fraction of sp³-hybridized carbons (Fsp3) is 0.603. The van der Waals surface area contributed by atoms with E-state index in [0.29, 0.717) is 11.8 Å². The predicted octanol–water partition coefficient (Wildman–Crippen LogP) is 15.9. The largest absolute Gasteiger partial charge is 0.493 e. The van der Waals surface area contributed by atoms with E-state index in [1.807, 2.05) is 12.1 Å². The molecule has 0 spiro atoms. The number of fused-ring (bicyclic) bond motifs is 3. The lowest BCUT2D eigenvalue weighted by molar-refractivity contribution is 0.173. The average molecular weight is 1370 g/mol. The number of benzene rings is 3. The molecule has 6 fully saturated rings. The highest BCUT2D eigenvalue weighted by molar-refractivity contribution is 7.10. The third kappa shape index (κ3) is 20.3. The maximum Gasteiger partial charge on any atom is 0.176 e. The summed E-state index contributed by atoms with van der Waals surface area (Å²) in [5.74, 6) is 7.23. The Morgan fingerprint density at radius 2 is 0.755 bits per heavy atom. The van der Waals surface area contributed by atoms with E-state index < -0.39 is 0 Å². The zero-order valence-electron chi connectivity index (χ0n) is 56.3. The number of likely N-dealkylation sites (tertiary alicyclic amines) is 2. The number of piperidine rings is 3. The molecule has 3 aliphatic carbocycles. The fourth-order valence-corrected chi connectivity index (χ4v) is 15.0. The number of hydrogen-bond acceptors (Lipinski definition) is 17. The second-order valence-corrected chi connectivity index (χ2v) is 30.5. The lowest BCUT2D eigenvalue weighted by Crippen LogP contribution is -2.33. The van der Waals surface area contributed by atoms with Crippen LogP contribution in [-0.4, -0.2) is 141 Å². The summed E-state index contributed by atoms with van der Waals surface area (Å²) < 4.78 is 62.5. The molecule has 0 atom stereocenters. The van der Waals surface area contributed by atoms with Gasteiger partial charge in [-0.25, -0.2) is 0 Å². The Morgan fingerprint density at radius 1 is 0.436 bits per heavy atom. The number of halogens is 4. The average Bonchev–Trinajstić information content (AvgIpc) is 1.64. The van der Waals surface area contributed by atoms with Crippen molar-refractivity contribution in [2.24, 2.45) is 35.5 Å². The summed E-state index contributed by atoms with van der Waals surface area (Å²) >= 11 is 2.53. The second kappa shape index (κ2) is 34.5. The van der Waals surface area contributed by atoms with Crippen LogP contribution in [0.1, 0.15) is 140 Å². The van der Waals surface area contributed by atoms with E-state index in [9.17, 15) is 8.78 Å². The summed E-state index contributed by atoms with van der Waals surface area (Å²) in [6, 6.07) is 19.7. The van der Waals surface area contributed by atoms with Crippen LogP contribution in [0.3, 0.4) is 0 Å². The maximum absolute atomic E-state index is 13.2. The van der Waals surface area contributed by atoms with E-state index in [-0.39, 0.29) is 35.1 Å². The summed E-state index contributed by atoms with van der Waals surface area (Å²) in [6.45, 7) is 13.1. The van der Waals surface area contributed by atoms with E-state index in [2.05, 4.69) is 124 Å². The van der Waals surface area contributed by atoms with Gasteiger partial charge in [0.2, 0.25) is 0 Å². The minimum Gasteiger partial charge on any atom is -0.493 e. The third-order valence-electron chi connectivity index (χ3n) is 19.5. The van der Waals surface area contributed by atoms with Crippen LogP contribution in [0.2, 0.25) is 0 Å². The van der Waals surface area contributed by atoms with Gasteiger partial charge in [0.05, 0.1) is 53.6 Å². The molecule has 1 N–H and O–H groups in total. The summed E-state index contributed by atoms with van der Waals surface area (Å²) in [6.07, 6.45) is 21.4. The molecule has 0 radical (unpaired) electrons.